The second-order valence-corrected chi connectivity index (χ2v) is 6.22. The fourth-order valence-corrected chi connectivity index (χ4v) is 3.80. The lowest BCUT2D eigenvalue weighted by Crippen LogP contribution is -2.38. The molecule has 3 rings (SSSR count). The Morgan fingerprint density at radius 1 is 1.45 bits per heavy atom. The Kier molecular flexibility index (Phi) is 3.54. The number of amides is 1. The van der Waals surface area contributed by atoms with E-state index in [1.54, 1.807) is 4.68 Å². The molecule has 2 aliphatic rings. The van der Waals surface area contributed by atoms with Crippen molar-refractivity contribution in [3.05, 3.63) is 17.5 Å². The Bertz CT molecular complexity index is 510. The summed E-state index contributed by atoms with van der Waals surface area (Å²) >= 11 is 0. The van der Waals surface area contributed by atoms with Crippen molar-refractivity contribution in [1.82, 2.24) is 14.7 Å². The van der Waals surface area contributed by atoms with Gasteiger partial charge >= 0.3 is 0 Å². The average Bonchev–Trinajstić information content (AvgIpc) is 3.02. The van der Waals surface area contributed by atoms with Crippen molar-refractivity contribution in [3.8, 4) is 0 Å². The van der Waals surface area contributed by atoms with E-state index in [0.717, 1.165) is 37.4 Å². The van der Waals surface area contributed by atoms with Gasteiger partial charge in [0.05, 0.1) is 5.69 Å². The molecule has 20 heavy (non-hydrogen) atoms. The molecule has 1 aromatic rings. The lowest BCUT2D eigenvalue weighted by atomic mass is 9.78. The van der Waals surface area contributed by atoms with Crippen LogP contribution in [-0.4, -0.2) is 39.7 Å². The smallest absolute Gasteiger partial charge is 0.272 e. The minimum absolute atomic E-state index is 0.119. The number of aromatic nitrogens is 2. The van der Waals surface area contributed by atoms with Crippen LogP contribution in [0.25, 0.3) is 0 Å². The maximum Gasteiger partial charge on any atom is 0.272 e. The summed E-state index contributed by atoms with van der Waals surface area (Å²) in [6.45, 7) is 6.37. The van der Waals surface area contributed by atoms with Crippen LogP contribution in [0.3, 0.4) is 0 Å². The summed E-state index contributed by atoms with van der Waals surface area (Å²) in [4.78, 5) is 14.7. The zero-order valence-corrected chi connectivity index (χ0v) is 12.4. The molecule has 2 N–H and O–H groups in total. The highest BCUT2D eigenvalue weighted by Crippen LogP contribution is 2.36. The monoisotopic (exact) mass is 276 g/mol. The number of carbonyl (C=O) groups is 1. The van der Waals surface area contributed by atoms with Crippen LogP contribution in [0.1, 0.15) is 42.4 Å². The maximum atomic E-state index is 12.7. The maximum absolute atomic E-state index is 12.7. The van der Waals surface area contributed by atoms with Crippen molar-refractivity contribution in [3.63, 3.8) is 0 Å². The Morgan fingerprint density at radius 3 is 2.95 bits per heavy atom. The van der Waals surface area contributed by atoms with E-state index in [0.29, 0.717) is 11.8 Å². The van der Waals surface area contributed by atoms with Crippen LogP contribution < -0.4 is 5.73 Å². The SMILES string of the molecule is CCn1nc(C)cc1C(=O)N1CC2CCCC(N)C2C1. The largest absolute Gasteiger partial charge is 0.337 e. The topological polar surface area (TPSA) is 64.2 Å². The number of nitrogens with zero attached hydrogens (tertiary/aromatic N) is 3. The fraction of sp³-hybridized carbons (Fsp3) is 0.733. The molecule has 5 heteroatoms. The number of rotatable bonds is 2. The molecule has 110 valence electrons. The summed E-state index contributed by atoms with van der Waals surface area (Å²) < 4.78 is 1.81. The number of likely N-dealkylation sites (tertiary alicyclic amines) is 1. The van der Waals surface area contributed by atoms with Crippen LogP contribution >= 0.6 is 0 Å². The molecule has 1 amide bonds. The van der Waals surface area contributed by atoms with Gasteiger partial charge in [-0.25, -0.2) is 0 Å². The van der Waals surface area contributed by atoms with Gasteiger partial charge in [-0.05, 0) is 44.6 Å². The quantitative estimate of drug-likeness (QED) is 0.888. The lowest BCUT2D eigenvalue weighted by Gasteiger charge is -2.29. The van der Waals surface area contributed by atoms with Gasteiger partial charge in [0.2, 0.25) is 0 Å². The molecule has 1 aliphatic carbocycles. The first-order valence-corrected chi connectivity index (χ1v) is 7.69. The zero-order chi connectivity index (χ0) is 14.3. The van der Waals surface area contributed by atoms with E-state index in [1.165, 1.54) is 12.8 Å². The molecule has 1 saturated heterocycles. The molecule has 1 saturated carbocycles. The summed E-state index contributed by atoms with van der Waals surface area (Å²) in [5, 5.41) is 4.37. The molecular weight excluding hydrogens is 252 g/mol. The molecule has 5 nitrogen and oxygen atoms in total. The summed E-state index contributed by atoms with van der Waals surface area (Å²) in [6.07, 6.45) is 3.53. The summed E-state index contributed by atoms with van der Waals surface area (Å²) in [5.41, 5.74) is 7.85. The van der Waals surface area contributed by atoms with Crippen molar-refractivity contribution in [2.45, 2.75) is 45.7 Å². The van der Waals surface area contributed by atoms with Gasteiger partial charge in [0.25, 0.3) is 5.91 Å². The highest BCUT2D eigenvalue weighted by Gasteiger charge is 2.41. The van der Waals surface area contributed by atoms with Crippen molar-refractivity contribution in [2.24, 2.45) is 17.6 Å². The molecule has 1 aromatic heterocycles. The molecule has 2 fully saturated rings. The van der Waals surface area contributed by atoms with Crippen LogP contribution in [0.15, 0.2) is 6.07 Å². The Balaban J connectivity index is 1.78. The standard InChI is InChI=1S/C15H24N4O/c1-3-19-14(7-10(2)17-19)15(20)18-8-11-5-4-6-13(16)12(11)9-18/h7,11-13H,3-6,8-9,16H2,1-2H3. The first-order valence-electron chi connectivity index (χ1n) is 7.69. The number of nitrogens with two attached hydrogens (primary N) is 1. The Labute approximate surface area is 120 Å². The molecule has 3 atom stereocenters. The van der Waals surface area contributed by atoms with Crippen molar-refractivity contribution in [2.75, 3.05) is 13.1 Å². The molecule has 1 aliphatic heterocycles. The van der Waals surface area contributed by atoms with Crippen molar-refractivity contribution in [1.29, 1.82) is 0 Å². The summed E-state index contributed by atoms with van der Waals surface area (Å²) in [7, 11) is 0. The highest BCUT2D eigenvalue weighted by molar-refractivity contribution is 5.93. The minimum atomic E-state index is 0.119. The van der Waals surface area contributed by atoms with Gasteiger partial charge in [0, 0.05) is 25.7 Å². The first-order chi connectivity index (χ1) is 9.60. The van der Waals surface area contributed by atoms with Crippen molar-refractivity contribution >= 4 is 5.91 Å². The van der Waals surface area contributed by atoms with E-state index >= 15 is 0 Å². The van der Waals surface area contributed by atoms with Gasteiger partial charge < -0.3 is 10.6 Å². The third kappa shape index (κ3) is 2.24. The van der Waals surface area contributed by atoms with E-state index in [4.69, 9.17) is 5.73 Å². The van der Waals surface area contributed by atoms with Crippen LogP contribution in [0.4, 0.5) is 0 Å². The number of aryl methyl sites for hydroxylation is 2. The molecule has 0 bridgehead atoms. The third-order valence-corrected chi connectivity index (χ3v) is 4.86. The Hall–Kier alpha value is -1.36. The summed E-state index contributed by atoms with van der Waals surface area (Å²) in [5.74, 6) is 1.21. The molecular formula is C15H24N4O. The second kappa shape index (κ2) is 5.20. The van der Waals surface area contributed by atoms with E-state index in [1.807, 2.05) is 24.8 Å². The normalized spacial score (nSPS) is 29.6. The fourth-order valence-electron chi connectivity index (χ4n) is 3.80. The van der Waals surface area contributed by atoms with Crippen molar-refractivity contribution < 1.29 is 4.79 Å². The van der Waals surface area contributed by atoms with Crippen LogP contribution in [0.5, 0.6) is 0 Å². The van der Waals surface area contributed by atoms with E-state index in [2.05, 4.69) is 5.10 Å². The predicted octanol–water partition coefficient (Wildman–Crippen LogP) is 1.41. The first kappa shape index (κ1) is 13.6. The molecule has 2 heterocycles. The zero-order valence-electron chi connectivity index (χ0n) is 12.4. The predicted molar refractivity (Wildman–Crippen MR) is 77.3 cm³/mol. The molecule has 0 radical (unpaired) electrons. The van der Waals surface area contributed by atoms with Gasteiger partial charge in [-0.2, -0.15) is 5.10 Å². The van der Waals surface area contributed by atoms with E-state index in [9.17, 15) is 4.79 Å². The number of hydrogen-bond donors (Lipinski definition) is 1. The molecule has 3 unspecified atom stereocenters. The van der Waals surface area contributed by atoms with Crippen LogP contribution in [-0.2, 0) is 6.54 Å². The van der Waals surface area contributed by atoms with Gasteiger partial charge in [-0.1, -0.05) is 6.42 Å². The highest BCUT2D eigenvalue weighted by atomic mass is 16.2. The van der Waals surface area contributed by atoms with E-state index < -0.39 is 0 Å². The minimum Gasteiger partial charge on any atom is -0.337 e. The number of fused-ring (bicyclic) bond motifs is 1. The van der Waals surface area contributed by atoms with Gasteiger partial charge in [-0.3, -0.25) is 9.48 Å². The second-order valence-electron chi connectivity index (χ2n) is 6.22. The van der Waals surface area contributed by atoms with Crippen LogP contribution in [0, 0.1) is 18.8 Å². The van der Waals surface area contributed by atoms with Gasteiger partial charge in [0.15, 0.2) is 0 Å². The Morgan fingerprint density at radius 2 is 2.25 bits per heavy atom. The third-order valence-electron chi connectivity index (χ3n) is 4.86. The van der Waals surface area contributed by atoms with Gasteiger partial charge in [0.1, 0.15) is 5.69 Å². The van der Waals surface area contributed by atoms with Gasteiger partial charge in [-0.15, -0.1) is 0 Å². The average molecular weight is 276 g/mol. The lowest BCUT2D eigenvalue weighted by molar-refractivity contribution is 0.0771. The van der Waals surface area contributed by atoms with Crippen LogP contribution in [0.2, 0.25) is 0 Å². The summed E-state index contributed by atoms with van der Waals surface area (Å²) in [6, 6.07) is 2.16. The molecule has 0 spiro atoms. The molecule has 0 aromatic carbocycles. The number of hydrogen-bond acceptors (Lipinski definition) is 3. The van der Waals surface area contributed by atoms with E-state index in [-0.39, 0.29) is 11.9 Å². The number of carbonyl (C=O) groups excluding carboxylic acids is 1.